The topological polar surface area (TPSA) is 113 Å². The average Bonchev–Trinajstić information content (AvgIpc) is 2.67. The second-order valence-electron chi connectivity index (χ2n) is 5.44. The molecule has 1 heterocycles. The van der Waals surface area contributed by atoms with E-state index in [1.807, 2.05) is 42.5 Å². The maximum absolute atomic E-state index is 12.8. The maximum atomic E-state index is 12.8. The highest BCUT2D eigenvalue weighted by Gasteiger charge is 2.34. The molecule has 1 aliphatic heterocycles. The molecule has 0 radical (unpaired) electrons. The van der Waals surface area contributed by atoms with Crippen LogP contribution in [-0.4, -0.2) is 41.1 Å². The minimum atomic E-state index is -1.02. The van der Waals surface area contributed by atoms with Gasteiger partial charge in [0, 0.05) is 4.90 Å². The summed E-state index contributed by atoms with van der Waals surface area (Å²) in [5.74, 6) is 3.07. The Kier molecular flexibility index (Phi) is 7.02. The van der Waals surface area contributed by atoms with Crippen LogP contribution in [0.4, 0.5) is 5.69 Å². The number of amides is 1. The number of aliphatic carboxylic acids is 1. The molecule has 1 amide bonds. The van der Waals surface area contributed by atoms with Gasteiger partial charge in [-0.1, -0.05) is 24.3 Å². The number of ether oxygens (including phenoxy) is 1. The molecule has 1 atom stereocenters. The quantitative estimate of drug-likeness (QED) is 0.685. The van der Waals surface area contributed by atoms with Crippen molar-refractivity contribution in [2.24, 2.45) is 5.90 Å². The number of anilines is 1. The van der Waals surface area contributed by atoms with Crippen molar-refractivity contribution in [2.45, 2.75) is 16.6 Å². The Morgan fingerprint density at radius 3 is 2.46 bits per heavy atom. The largest absolute Gasteiger partial charge is 0.497 e. The van der Waals surface area contributed by atoms with Crippen LogP contribution in [0.1, 0.15) is 5.56 Å². The maximum Gasteiger partial charge on any atom is 0.323 e. The molecule has 0 saturated heterocycles. The van der Waals surface area contributed by atoms with Gasteiger partial charge in [0.25, 0.3) is 0 Å². The van der Waals surface area contributed by atoms with Crippen LogP contribution in [0.15, 0.2) is 53.4 Å². The molecule has 2 aromatic rings. The van der Waals surface area contributed by atoms with E-state index in [1.54, 1.807) is 13.2 Å². The third-order valence-electron chi connectivity index (χ3n) is 3.84. The van der Waals surface area contributed by atoms with E-state index in [4.69, 9.17) is 15.1 Å². The number of benzene rings is 2. The highest BCUT2D eigenvalue weighted by Crippen LogP contribution is 2.40. The number of nitrogens with zero attached hydrogens (tertiary/aromatic N) is 1. The van der Waals surface area contributed by atoms with Gasteiger partial charge in [-0.2, -0.15) is 0 Å². The Bertz CT molecular complexity index is 766. The van der Waals surface area contributed by atoms with Crippen LogP contribution in [0.3, 0.4) is 0 Å². The molecular weight excluding hydrogens is 356 g/mol. The number of carboxylic acids is 1. The molecule has 0 bridgehead atoms. The number of hydrogen-bond acceptors (Lipinski definition) is 6. The lowest BCUT2D eigenvalue weighted by atomic mass is 10.1. The van der Waals surface area contributed by atoms with Crippen molar-refractivity contribution in [1.29, 1.82) is 0 Å². The molecule has 3 rings (SSSR count). The zero-order chi connectivity index (χ0) is 19.1. The standard InChI is InChI=1S/C18H17NO4S.H3NO/c1-23-13-8-6-12(7-9-13)10-16-18(22)19(11-17(20)21)14-4-2-3-5-15(14)24-16;1-2/h2-9,16H,10-11H2,1H3,(H,20,21);2H,1H2. The van der Waals surface area contributed by atoms with E-state index in [9.17, 15) is 9.59 Å². The Morgan fingerprint density at radius 2 is 1.85 bits per heavy atom. The molecule has 26 heavy (non-hydrogen) atoms. The lowest BCUT2D eigenvalue weighted by Crippen LogP contribution is -2.44. The van der Waals surface area contributed by atoms with Crippen molar-refractivity contribution in [2.75, 3.05) is 18.6 Å². The molecule has 0 fully saturated rings. The number of methoxy groups -OCH3 is 1. The first-order chi connectivity index (χ1) is 12.6. The SMILES string of the molecule is COc1ccc(CC2Sc3ccccc3N(CC(=O)O)C2=O)cc1.NO. The van der Waals surface area contributed by atoms with Gasteiger partial charge in [0.1, 0.15) is 12.3 Å². The van der Waals surface area contributed by atoms with E-state index >= 15 is 0 Å². The minimum Gasteiger partial charge on any atom is -0.497 e. The summed E-state index contributed by atoms with van der Waals surface area (Å²) in [6.07, 6.45) is 0.540. The molecule has 0 spiro atoms. The molecular formula is C18H20N2O5S. The zero-order valence-electron chi connectivity index (χ0n) is 14.2. The van der Waals surface area contributed by atoms with E-state index < -0.39 is 5.97 Å². The summed E-state index contributed by atoms with van der Waals surface area (Å²) in [7, 11) is 1.61. The van der Waals surface area contributed by atoms with E-state index in [2.05, 4.69) is 5.90 Å². The normalized spacial score (nSPS) is 15.6. The van der Waals surface area contributed by atoms with Crippen molar-refractivity contribution in [3.05, 3.63) is 54.1 Å². The highest BCUT2D eigenvalue weighted by atomic mass is 32.2. The summed E-state index contributed by atoms with van der Waals surface area (Å²) in [5, 5.41) is 15.3. The van der Waals surface area contributed by atoms with Crippen LogP contribution in [0, 0.1) is 0 Å². The third kappa shape index (κ3) is 4.54. The number of fused-ring (bicyclic) bond motifs is 1. The molecule has 8 heteroatoms. The van der Waals surface area contributed by atoms with Gasteiger partial charge in [-0.05, 0) is 36.2 Å². The molecule has 4 N–H and O–H groups in total. The summed E-state index contributed by atoms with van der Waals surface area (Å²) in [5.41, 5.74) is 1.68. The molecule has 0 aromatic heterocycles. The van der Waals surface area contributed by atoms with E-state index in [-0.39, 0.29) is 17.7 Å². The molecule has 1 aliphatic rings. The first-order valence-corrected chi connectivity index (χ1v) is 8.64. The first-order valence-electron chi connectivity index (χ1n) is 7.76. The molecule has 0 aliphatic carbocycles. The average molecular weight is 376 g/mol. The smallest absolute Gasteiger partial charge is 0.323 e. The van der Waals surface area contributed by atoms with Crippen molar-refractivity contribution in [1.82, 2.24) is 0 Å². The monoisotopic (exact) mass is 376 g/mol. The lowest BCUT2D eigenvalue weighted by Gasteiger charge is -2.32. The van der Waals surface area contributed by atoms with Gasteiger partial charge in [0.05, 0.1) is 18.0 Å². The highest BCUT2D eigenvalue weighted by molar-refractivity contribution is 8.01. The molecule has 2 aromatic carbocycles. The van der Waals surface area contributed by atoms with E-state index in [0.717, 1.165) is 16.2 Å². The van der Waals surface area contributed by atoms with Gasteiger partial charge >= 0.3 is 5.97 Å². The molecule has 0 saturated carbocycles. The van der Waals surface area contributed by atoms with Gasteiger partial charge in [0.2, 0.25) is 5.91 Å². The Morgan fingerprint density at radius 1 is 1.19 bits per heavy atom. The van der Waals surface area contributed by atoms with Gasteiger partial charge in [-0.25, -0.2) is 5.90 Å². The number of thioether (sulfide) groups is 1. The Hall–Kier alpha value is -2.55. The fourth-order valence-electron chi connectivity index (χ4n) is 2.68. The fraction of sp³-hybridized carbons (Fsp3) is 0.222. The first kappa shape index (κ1) is 19.8. The number of carbonyl (C=O) groups excluding carboxylic acids is 1. The zero-order valence-corrected chi connectivity index (χ0v) is 15.0. The number of carbonyl (C=O) groups is 2. The third-order valence-corrected chi connectivity index (χ3v) is 5.09. The number of nitrogens with two attached hydrogens (primary N) is 1. The minimum absolute atomic E-state index is 0.170. The van der Waals surface area contributed by atoms with E-state index in [0.29, 0.717) is 12.1 Å². The number of rotatable bonds is 5. The lowest BCUT2D eigenvalue weighted by molar-refractivity contribution is -0.136. The molecule has 1 unspecified atom stereocenters. The van der Waals surface area contributed by atoms with Crippen LogP contribution in [0.5, 0.6) is 5.75 Å². The van der Waals surface area contributed by atoms with Crippen molar-refractivity contribution in [3.63, 3.8) is 0 Å². The summed E-state index contributed by atoms with van der Waals surface area (Å²) in [6.45, 7) is -0.324. The van der Waals surface area contributed by atoms with Gasteiger partial charge in [0.15, 0.2) is 0 Å². The van der Waals surface area contributed by atoms with Crippen molar-refractivity contribution < 1.29 is 24.6 Å². The second kappa shape index (κ2) is 9.23. The van der Waals surface area contributed by atoms with Crippen LogP contribution in [-0.2, 0) is 16.0 Å². The Balaban J connectivity index is 0.00000117. The molecule has 7 nitrogen and oxygen atoms in total. The van der Waals surface area contributed by atoms with Crippen LogP contribution in [0.25, 0.3) is 0 Å². The summed E-state index contributed by atoms with van der Waals surface area (Å²) < 4.78 is 5.14. The van der Waals surface area contributed by atoms with Gasteiger partial charge in [-0.15, -0.1) is 11.8 Å². The number of para-hydroxylation sites is 1. The van der Waals surface area contributed by atoms with E-state index in [1.165, 1.54) is 16.7 Å². The number of carboxylic acid groups (broad SMARTS) is 1. The predicted octanol–water partition coefficient (Wildman–Crippen LogP) is 2.16. The second-order valence-corrected chi connectivity index (χ2v) is 6.69. The molecule has 138 valence electrons. The Labute approximate surface area is 155 Å². The van der Waals surface area contributed by atoms with Crippen molar-refractivity contribution >= 4 is 29.3 Å². The predicted molar refractivity (Wildman–Crippen MR) is 98.7 cm³/mol. The fourth-order valence-corrected chi connectivity index (χ4v) is 3.95. The van der Waals surface area contributed by atoms with Crippen LogP contribution in [0.2, 0.25) is 0 Å². The van der Waals surface area contributed by atoms with Gasteiger partial charge in [-0.3, -0.25) is 14.5 Å². The summed E-state index contributed by atoms with van der Waals surface area (Å²) >= 11 is 1.49. The summed E-state index contributed by atoms with van der Waals surface area (Å²) in [4.78, 5) is 26.2. The van der Waals surface area contributed by atoms with Gasteiger partial charge < -0.3 is 15.1 Å². The number of hydrogen-bond donors (Lipinski definition) is 3. The van der Waals surface area contributed by atoms with Crippen molar-refractivity contribution in [3.8, 4) is 5.75 Å². The summed E-state index contributed by atoms with van der Waals surface area (Å²) in [6, 6.07) is 15.0. The van der Waals surface area contributed by atoms with Crippen LogP contribution >= 0.6 is 11.8 Å². The van der Waals surface area contributed by atoms with Crippen LogP contribution < -0.4 is 15.5 Å².